The first-order valence-electron chi connectivity index (χ1n) is 18.9. The molecule has 0 fully saturated rings. The maximum atomic E-state index is 12.4. The van der Waals surface area contributed by atoms with Gasteiger partial charge in [0.2, 0.25) is 0 Å². The lowest BCUT2D eigenvalue weighted by molar-refractivity contribution is 0.0592. The number of ether oxygens (including phenoxy) is 2. The summed E-state index contributed by atoms with van der Waals surface area (Å²) >= 11 is 0. The van der Waals surface area contributed by atoms with Gasteiger partial charge in [-0.25, -0.2) is 14.4 Å². The van der Waals surface area contributed by atoms with Crippen molar-refractivity contribution < 1.29 is 39.5 Å². The summed E-state index contributed by atoms with van der Waals surface area (Å²) in [4.78, 5) is 54.5. The van der Waals surface area contributed by atoms with Gasteiger partial charge >= 0.3 is 17.9 Å². The number of aromatic nitrogens is 2. The Bertz CT molecular complexity index is 1920. The molecule has 0 bridgehead atoms. The first kappa shape index (κ1) is 44.9. The van der Waals surface area contributed by atoms with Crippen LogP contribution >= 0.6 is 0 Å². The molecule has 2 atom stereocenters. The summed E-state index contributed by atoms with van der Waals surface area (Å²) in [6.07, 6.45) is 7.31. The molecule has 2 aliphatic carbocycles. The van der Waals surface area contributed by atoms with Crippen LogP contribution in [0, 0.1) is 11.8 Å². The molecule has 0 radical (unpaired) electrons. The topological polar surface area (TPSA) is 171 Å². The number of nitrogens with zero attached hydrogens (tertiary/aromatic N) is 2. The van der Waals surface area contributed by atoms with Crippen LogP contribution in [0.4, 0.5) is 4.39 Å². The van der Waals surface area contributed by atoms with Crippen LogP contribution < -0.4 is 11.1 Å². The minimum atomic E-state index is -1.00. The minimum Gasteiger partial charge on any atom is -0.478 e. The summed E-state index contributed by atoms with van der Waals surface area (Å²) in [5.74, 6) is 0.427. The van der Waals surface area contributed by atoms with Crippen molar-refractivity contribution >= 4 is 23.8 Å². The second-order valence-electron chi connectivity index (χ2n) is 13.9. The van der Waals surface area contributed by atoms with E-state index in [1.54, 1.807) is 48.7 Å². The van der Waals surface area contributed by atoms with Crippen LogP contribution in [0.15, 0.2) is 73.1 Å². The number of hydrogen-bond acceptors (Lipinski definition) is 9. The molecule has 302 valence electrons. The number of amides is 1. The second kappa shape index (κ2) is 22.8. The van der Waals surface area contributed by atoms with Gasteiger partial charge in [-0.2, -0.15) is 0 Å². The summed E-state index contributed by atoms with van der Waals surface area (Å²) in [5.41, 5.74) is 13.8. The Hall–Kier alpha value is -5.49. The number of hydrogen-bond donors (Lipinski definition) is 3. The number of carbonyl (C=O) groups is 4. The van der Waals surface area contributed by atoms with Gasteiger partial charge in [0, 0.05) is 48.7 Å². The smallest absolute Gasteiger partial charge is 0.337 e. The summed E-state index contributed by atoms with van der Waals surface area (Å²) < 4.78 is 24.7. The highest BCUT2D eigenvalue weighted by Gasteiger charge is 2.28. The quantitative estimate of drug-likeness (QED) is 0.141. The van der Waals surface area contributed by atoms with Gasteiger partial charge in [0.1, 0.15) is 0 Å². The van der Waals surface area contributed by atoms with Crippen molar-refractivity contribution in [1.82, 2.24) is 15.3 Å². The molecule has 56 heavy (non-hydrogen) atoms. The maximum absolute atomic E-state index is 12.4. The van der Waals surface area contributed by atoms with Crippen molar-refractivity contribution in [1.29, 1.82) is 0 Å². The van der Waals surface area contributed by atoms with Gasteiger partial charge in [-0.1, -0.05) is 59.4 Å². The van der Waals surface area contributed by atoms with E-state index in [1.165, 1.54) is 26.0 Å². The zero-order chi connectivity index (χ0) is 41.4. The molecule has 0 saturated heterocycles. The molecule has 0 saturated carbocycles. The summed E-state index contributed by atoms with van der Waals surface area (Å²) in [6, 6.07) is 17.8. The molecule has 0 aliphatic heterocycles. The Morgan fingerprint density at radius 2 is 1.20 bits per heavy atom. The Morgan fingerprint density at radius 3 is 1.59 bits per heavy atom. The van der Waals surface area contributed by atoms with Crippen molar-refractivity contribution in [2.75, 3.05) is 21.4 Å². The second-order valence-corrected chi connectivity index (χ2v) is 13.9. The number of rotatable bonds is 9. The largest absolute Gasteiger partial charge is 0.478 e. The third kappa shape index (κ3) is 12.5. The molecule has 1 amide bonds. The van der Waals surface area contributed by atoms with Crippen LogP contribution in [0.2, 0.25) is 0 Å². The molecule has 2 heterocycles. The maximum Gasteiger partial charge on any atom is 0.337 e. The van der Waals surface area contributed by atoms with Gasteiger partial charge in [0.05, 0.1) is 45.0 Å². The summed E-state index contributed by atoms with van der Waals surface area (Å²) in [6.45, 7) is 9.69. The fourth-order valence-corrected chi connectivity index (χ4v) is 6.60. The number of aryl methyl sites for hydroxylation is 2. The number of nitrogens with one attached hydrogen (secondary N) is 1. The number of fused-ring (bicyclic) bond motifs is 2. The van der Waals surface area contributed by atoms with Gasteiger partial charge in [-0.15, -0.1) is 0 Å². The molecule has 0 unspecified atom stereocenters. The third-order valence-corrected chi connectivity index (χ3v) is 9.71. The zero-order valence-corrected chi connectivity index (χ0v) is 32.4. The molecule has 2 aromatic carbocycles. The fraction of sp³-hybridized carbons (Fsp3) is 0.409. The number of benzene rings is 2. The number of alkyl halides is 1. The number of methoxy groups -OCH3 is 2. The van der Waals surface area contributed by atoms with Crippen LogP contribution in [-0.4, -0.2) is 60.3 Å². The average Bonchev–Trinajstić information content (AvgIpc) is 3.85. The van der Waals surface area contributed by atoms with Crippen molar-refractivity contribution in [2.45, 2.75) is 85.7 Å². The normalized spacial score (nSPS) is 14.8. The number of carbonyl (C=O) groups excluding carboxylic acids is 3. The standard InChI is InChI=1S/C21H24N2O3.C12H15NO2.C9H11NO2.CH3F.CH4/c1-13(2)18-9-8-16-10-17(12-22-19(16)18)20(24)23-11-14-4-6-15(7-5-14)21(25)26-3;1-7(2)10-4-3-8-5-9(12(14)15)6-13-11(8)10;1-12-9(11)8-4-2-7(6-10)3-5-8;1-2;/h4-7,10,12-13,18H,8-9,11H2,1-3H3,(H,23,24);5-7,10H,3-4H2,1-2H3,(H,14,15);2-5H,6,10H2,1H3;1H3;1H4/t18-;10-;;;/m00.../s1/i;;;1D;. The number of halogens is 1. The van der Waals surface area contributed by atoms with Crippen LogP contribution in [0.1, 0.15) is 136 Å². The predicted octanol–water partition coefficient (Wildman–Crippen LogP) is 8.10. The minimum absolute atomic E-state index is 0. The van der Waals surface area contributed by atoms with Crippen LogP contribution in [0.3, 0.4) is 0 Å². The monoisotopic (exact) mass is 773 g/mol. The number of carboxylic acid groups (broad SMARTS) is 1. The van der Waals surface area contributed by atoms with Gasteiger partial charge in [0.25, 0.3) is 5.91 Å². The van der Waals surface area contributed by atoms with Gasteiger partial charge in [-0.05, 0) is 96.2 Å². The van der Waals surface area contributed by atoms with E-state index in [0.717, 1.165) is 53.8 Å². The van der Waals surface area contributed by atoms with E-state index >= 15 is 0 Å². The Morgan fingerprint density at radius 1 is 0.786 bits per heavy atom. The number of nitrogens with two attached hydrogens (primary N) is 1. The van der Waals surface area contributed by atoms with E-state index in [4.69, 9.17) is 12.2 Å². The number of carboxylic acids is 1. The zero-order valence-electron chi connectivity index (χ0n) is 33.4. The van der Waals surface area contributed by atoms with Crippen molar-refractivity contribution in [3.8, 4) is 0 Å². The summed E-state index contributed by atoms with van der Waals surface area (Å²) in [7, 11) is 1.71. The number of esters is 2. The SMILES string of the molecule is C.CC(C)[C@@H]1CCc2cc(C(=O)O)cnc21.COC(=O)c1ccc(CN)cc1.COC(=O)c1ccc(CNC(=O)c2cnc3c(c2)CC[C@H]3C(C)C)cc1.[2H]CF. The Balaban J connectivity index is 0.000000307. The lowest BCUT2D eigenvalue weighted by Gasteiger charge is -2.14. The Labute approximate surface area is 331 Å². The van der Waals surface area contributed by atoms with E-state index in [-0.39, 0.29) is 25.3 Å². The first-order chi connectivity index (χ1) is 26.8. The van der Waals surface area contributed by atoms with Gasteiger partial charge < -0.3 is 25.6 Å². The number of aromatic carboxylic acids is 1. The Kier molecular flexibility index (Phi) is 18.3. The van der Waals surface area contributed by atoms with Crippen LogP contribution in [-0.2, 0) is 35.4 Å². The molecule has 4 N–H and O–H groups in total. The molecule has 0 spiro atoms. The molecule has 2 aliphatic rings. The van der Waals surface area contributed by atoms with Gasteiger partial charge in [-0.3, -0.25) is 19.2 Å². The highest BCUT2D eigenvalue weighted by molar-refractivity contribution is 5.94. The molecule has 4 aromatic rings. The van der Waals surface area contributed by atoms with Gasteiger partial charge in [0.15, 0.2) is 0 Å². The van der Waals surface area contributed by atoms with Crippen molar-refractivity contribution in [3.63, 3.8) is 0 Å². The molecule has 12 heteroatoms. The molecule has 2 aromatic heterocycles. The molecular weight excluding hydrogens is 716 g/mol. The van der Waals surface area contributed by atoms with E-state index in [1.807, 2.05) is 18.2 Å². The number of pyridine rings is 2. The van der Waals surface area contributed by atoms with Crippen molar-refractivity contribution in [3.05, 3.63) is 129 Å². The summed E-state index contributed by atoms with van der Waals surface area (Å²) in [5, 5.41) is 11.8. The van der Waals surface area contributed by atoms with E-state index in [9.17, 15) is 23.6 Å². The lowest BCUT2D eigenvalue weighted by atomic mass is 9.93. The highest BCUT2D eigenvalue weighted by Crippen LogP contribution is 2.38. The van der Waals surface area contributed by atoms with E-state index < -0.39 is 13.1 Å². The van der Waals surface area contributed by atoms with Crippen molar-refractivity contribution in [2.24, 2.45) is 17.6 Å². The third-order valence-electron chi connectivity index (χ3n) is 9.71. The molecule has 6 rings (SSSR count). The highest BCUT2D eigenvalue weighted by atomic mass is 19.1. The lowest BCUT2D eigenvalue weighted by Crippen LogP contribution is -2.23. The predicted molar refractivity (Wildman–Crippen MR) is 216 cm³/mol. The molecular formula is C44H57FN4O7. The van der Waals surface area contributed by atoms with E-state index in [2.05, 4.69) is 52.5 Å². The first-order valence-corrected chi connectivity index (χ1v) is 18.2. The van der Waals surface area contributed by atoms with E-state index in [0.29, 0.717) is 59.0 Å². The molecule has 11 nitrogen and oxygen atoms in total. The fourth-order valence-electron chi connectivity index (χ4n) is 6.60. The van der Waals surface area contributed by atoms with Crippen LogP contribution in [0.25, 0.3) is 0 Å². The average molecular weight is 774 g/mol. The van der Waals surface area contributed by atoms with Crippen LogP contribution in [0.5, 0.6) is 0 Å².